The second-order valence-electron chi connectivity index (χ2n) is 6.09. The van der Waals surface area contributed by atoms with Gasteiger partial charge in [-0.05, 0) is 52.5 Å². The molecular weight excluding hydrogens is 226 g/mol. The maximum absolute atomic E-state index is 11.7. The van der Waals surface area contributed by atoms with Gasteiger partial charge in [-0.25, -0.2) is 0 Å². The molecule has 1 saturated carbocycles. The molecule has 0 aliphatic heterocycles. The number of nitrogens with two attached hydrogens (primary N) is 1. The Kier molecular flexibility index (Phi) is 5.60. The van der Waals surface area contributed by atoms with Crippen molar-refractivity contribution in [3.05, 3.63) is 0 Å². The van der Waals surface area contributed by atoms with E-state index in [0.717, 1.165) is 25.4 Å². The Morgan fingerprint density at radius 2 is 2.11 bits per heavy atom. The minimum atomic E-state index is -0.616. The number of amides is 1. The van der Waals surface area contributed by atoms with Gasteiger partial charge in [0.15, 0.2) is 0 Å². The molecule has 106 valence electrons. The van der Waals surface area contributed by atoms with Gasteiger partial charge >= 0.3 is 0 Å². The molecule has 0 spiro atoms. The molecule has 4 heteroatoms. The Hall–Kier alpha value is -0.610. The van der Waals surface area contributed by atoms with Crippen LogP contribution >= 0.6 is 0 Å². The fourth-order valence-corrected chi connectivity index (χ4v) is 2.12. The second-order valence-corrected chi connectivity index (χ2v) is 6.09. The maximum Gasteiger partial charge on any atom is 0.238 e. The first kappa shape index (κ1) is 15.4. The van der Waals surface area contributed by atoms with Crippen molar-refractivity contribution in [3.8, 4) is 0 Å². The zero-order chi connectivity index (χ0) is 13.8. The van der Waals surface area contributed by atoms with Crippen LogP contribution in [-0.2, 0) is 4.79 Å². The third-order valence-corrected chi connectivity index (χ3v) is 3.75. The highest BCUT2D eigenvalue weighted by molar-refractivity contribution is 5.84. The van der Waals surface area contributed by atoms with E-state index >= 15 is 0 Å². The van der Waals surface area contributed by atoms with Gasteiger partial charge in [0, 0.05) is 19.1 Å². The van der Waals surface area contributed by atoms with E-state index in [4.69, 9.17) is 5.73 Å². The van der Waals surface area contributed by atoms with E-state index in [0.29, 0.717) is 12.6 Å². The monoisotopic (exact) mass is 255 g/mol. The lowest BCUT2D eigenvalue weighted by molar-refractivity contribution is -0.124. The van der Waals surface area contributed by atoms with Crippen molar-refractivity contribution in [2.75, 3.05) is 19.6 Å². The molecule has 1 aliphatic carbocycles. The Morgan fingerprint density at radius 1 is 1.50 bits per heavy atom. The van der Waals surface area contributed by atoms with Gasteiger partial charge < -0.3 is 11.1 Å². The molecule has 3 N–H and O–H groups in total. The first-order valence-electron chi connectivity index (χ1n) is 7.18. The topological polar surface area (TPSA) is 58.4 Å². The number of nitrogens with zero attached hydrogens (tertiary/aromatic N) is 1. The van der Waals surface area contributed by atoms with Crippen LogP contribution in [0.2, 0.25) is 0 Å². The van der Waals surface area contributed by atoms with Gasteiger partial charge in [0.25, 0.3) is 0 Å². The number of rotatable bonds is 9. The molecule has 0 saturated heterocycles. The van der Waals surface area contributed by atoms with Crippen molar-refractivity contribution in [1.29, 1.82) is 0 Å². The van der Waals surface area contributed by atoms with Crippen molar-refractivity contribution in [3.63, 3.8) is 0 Å². The average Bonchev–Trinajstić information content (AvgIpc) is 3.09. The molecule has 18 heavy (non-hydrogen) atoms. The molecule has 1 amide bonds. The van der Waals surface area contributed by atoms with Crippen LogP contribution in [0.1, 0.15) is 47.0 Å². The highest BCUT2D eigenvalue weighted by atomic mass is 16.1. The predicted octanol–water partition coefficient (Wildman–Crippen LogP) is 1.35. The number of nitrogens with one attached hydrogen (secondary N) is 1. The predicted molar refractivity (Wildman–Crippen MR) is 75.3 cm³/mol. The molecule has 0 aromatic rings. The number of primary amides is 1. The maximum atomic E-state index is 11.7. The smallest absolute Gasteiger partial charge is 0.238 e. The largest absolute Gasteiger partial charge is 0.368 e. The van der Waals surface area contributed by atoms with E-state index in [9.17, 15) is 4.79 Å². The Balaban J connectivity index is 2.62. The van der Waals surface area contributed by atoms with E-state index in [2.05, 4.69) is 31.0 Å². The molecule has 1 aliphatic rings. The summed E-state index contributed by atoms with van der Waals surface area (Å²) in [5.41, 5.74) is 4.96. The molecule has 1 unspecified atom stereocenters. The summed E-state index contributed by atoms with van der Waals surface area (Å²) in [4.78, 5) is 14.1. The van der Waals surface area contributed by atoms with Crippen LogP contribution < -0.4 is 11.1 Å². The normalized spacial score (nSPS) is 19.2. The van der Waals surface area contributed by atoms with Gasteiger partial charge in [0.2, 0.25) is 5.91 Å². The zero-order valence-corrected chi connectivity index (χ0v) is 12.3. The molecule has 0 heterocycles. The van der Waals surface area contributed by atoms with Crippen molar-refractivity contribution >= 4 is 5.91 Å². The molecule has 1 rings (SSSR count). The van der Waals surface area contributed by atoms with E-state index in [1.165, 1.54) is 12.8 Å². The lowest BCUT2D eigenvalue weighted by atomic mass is 9.99. The second kappa shape index (κ2) is 6.53. The molecule has 0 aromatic heterocycles. The third kappa shape index (κ3) is 4.58. The standard InChI is InChI=1S/C14H29N3O/c1-5-8-16-14(4,13(15)18)10-17(11(2)3)9-12-6-7-12/h11-12,16H,5-10H2,1-4H3,(H2,15,18). The Morgan fingerprint density at radius 3 is 2.50 bits per heavy atom. The molecule has 4 nitrogen and oxygen atoms in total. The van der Waals surface area contributed by atoms with Gasteiger partial charge in [-0.3, -0.25) is 9.69 Å². The summed E-state index contributed by atoms with van der Waals surface area (Å²) in [7, 11) is 0. The van der Waals surface area contributed by atoms with Gasteiger partial charge in [0.05, 0.1) is 0 Å². The van der Waals surface area contributed by atoms with Gasteiger partial charge in [-0.1, -0.05) is 6.92 Å². The van der Waals surface area contributed by atoms with E-state index < -0.39 is 5.54 Å². The lowest BCUT2D eigenvalue weighted by Crippen LogP contribution is -2.60. The number of hydrogen-bond donors (Lipinski definition) is 2. The molecule has 1 atom stereocenters. The summed E-state index contributed by atoms with van der Waals surface area (Å²) in [5, 5.41) is 3.31. The summed E-state index contributed by atoms with van der Waals surface area (Å²) in [6.07, 6.45) is 3.67. The average molecular weight is 255 g/mol. The minimum absolute atomic E-state index is 0.252. The van der Waals surface area contributed by atoms with Crippen LogP contribution in [-0.4, -0.2) is 42.0 Å². The van der Waals surface area contributed by atoms with Crippen LogP contribution in [0, 0.1) is 5.92 Å². The van der Waals surface area contributed by atoms with E-state index in [1.54, 1.807) is 0 Å². The zero-order valence-electron chi connectivity index (χ0n) is 12.3. The molecule has 0 aromatic carbocycles. The number of carbonyl (C=O) groups excluding carboxylic acids is 1. The van der Waals surface area contributed by atoms with Crippen molar-refractivity contribution < 1.29 is 4.79 Å². The minimum Gasteiger partial charge on any atom is -0.368 e. The molecule has 0 radical (unpaired) electrons. The van der Waals surface area contributed by atoms with Gasteiger partial charge in [-0.2, -0.15) is 0 Å². The Labute approximate surface area is 111 Å². The fourth-order valence-electron chi connectivity index (χ4n) is 2.12. The highest BCUT2D eigenvalue weighted by Gasteiger charge is 2.35. The van der Waals surface area contributed by atoms with Crippen LogP contribution in [0.5, 0.6) is 0 Å². The van der Waals surface area contributed by atoms with Crippen LogP contribution in [0.25, 0.3) is 0 Å². The lowest BCUT2D eigenvalue weighted by Gasteiger charge is -2.36. The van der Waals surface area contributed by atoms with E-state index in [1.807, 2.05) is 6.92 Å². The first-order chi connectivity index (χ1) is 8.39. The van der Waals surface area contributed by atoms with E-state index in [-0.39, 0.29) is 5.91 Å². The van der Waals surface area contributed by atoms with Gasteiger partial charge in [-0.15, -0.1) is 0 Å². The van der Waals surface area contributed by atoms with Crippen LogP contribution in [0.3, 0.4) is 0 Å². The van der Waals surface area contributed by atoms with Crippen molar-refractivity contribution in [2.45, 2.75) is 58.5 Å². The molecular formula is C14H29N3O. The number of carbonyl (C=O) groups is 1. The third-order valence-electron chi connectivity index (χ3n) is 3.75. The summed E-state index contributed by atoms with van der Waals surface area (Å²) >= 11 is 0. The Bertz CT molecular complexity index is 276. The molecule has 0 bridgehead atoms. The SMILES string of the molecule is CCCNC(C)(CN(CC1CC1)C(C)C)C(N)=O. The fraction of sp³-hybridized carbons (Fsp3) is 0.929. The summed E-state index contributed by atoms with van der Waals surface area (Å²) in [5.74, 6) is 0.577. The quantitative estimate of drug-likeness (QED) is 0.654. The van der Waals surface area contributed by atoms with Crippen molar-refractivity contribution in [2.24, 2.45) is 11.7 Å². The van der Waals surface area contributed by atoms with Crippen LogP contribution in [0.15, 0.2) is 0 Å². The summed E-state index contributed by atoms with van der Waals surface area (Å²) < 4.78 is 0. The highest BCUT2D eigenvalue weighted by Crippen LogP contribution is 2.30. The number of hydrogen-bond acceptors (Lipinski definition) is 3. The summed E-state index contributed by atoms with van der Waals surface area (Å²) in [6.45, 7) is 11.0. The first-order valence-corrected chi connectivity index (χ1v) is 7.18. The van der Waals surface area contributed by atoms with Crippen molar-refractivity contribution in [1.82, 2.24) is 10.2 Å². The van der Waals surface area contributed by atoms with Gasteiger partial charge in [0.1, 0.15) is 5.54 Å². The van der Waals surface area contributed by atoms with Crippen LogP contribution in [0.4, 0.5) is 0 Å². The molecule has 1 fully saturated rings. The summed E-state index contributed by atoms with van der Waals surface area (Å²) in [6, 6.07) is 0.452.